The van der Waals surface area contributed by atoms with Gasteiger partial charge in [0.2, 0.25) is 0 Å². The number of rotatable bonds is 3. The third-order valence-electron chi connectivity index (χ3n) is 2.05. The zero-order valence-corrected chi connectivity index (χ0v) is 8.68. The van der Waals surface area contributed by atoms with Crippen molar-refractivity contribution in [2.24, 2.45) is 7.05 Å². The molecule has 0 aliphatic heterocycles. The summed E-state index contributed by atoms with van der Waals surface area (Å²) < 4.78 is 11.9. The van der Waals surface area contributed by atoms with Crippen LogP contribution in [0.4, 0.5) is 0 Å². The van der Waals surface area contributed by atoms with Crippen molar-refractivity contribution < 1.29 is 9.15 Å². The molecule has 0 saturated heterocycles. The molecule has 0 amide bonds. The van der Waals surface area contributed by atoms with Gasteiger partial charge >= 0.3 is 0 Å². The van der Waals surface area contributed by atoms with E-state index in [1.165, 1.54) is 0 Å². The SMILES string of the molecule is CO/C=C/c1cc(-c2ccco2)n(C)n1. The second-order valence-electron chi connectivity index (χ2n) is 3.09. The van der Waals surface area contributed by atoms with E-state index in [-0.39, 0.29) is 0 Å². The van der Waals surface area contributed by atoms with E-state index in [0.717, 1.165) is 17.1 Å². The molecule has 4 nitrogen and oxygen atoms in total. The number of aryl methyl sites for hydroxylation is 1. The first-order valence-electron chi connectivity index (χ1n) is 4.58. The van der Waals surface area contributed by atoms with Crippen LogP contribution in [0.15, 0.2) is 35.1 Å². The lowest BCUT2D eigenvalue weighted by molar-refractivity contribution is 0.341. The molecule has 0 aliphatic carbocycles. The lowest BCUT2D eigenvalue weighted by atomic mass is 10.3. The van der Waals surface area contributed by atoms with E-state index < -0.39 is 0 Å². The Hall–Kier alpha value is -1.97. The molecule has 2 aromatic rings. The van der Waals surface area contributed by atoms with Gasteiger partial charge in [-0.15, -0.1) is 0 Å². The van der Waals surface area contributed by atoms with E-state index in [1.807, 2.05) is 25.2 Å². The van der Waals surface area contributed by atoms with Crippen LogP contribution < -0.4 is 0 Å². The van der Waals surface area contributed by atoms with Gasteiger partial charge in [-0.2, -0.15) is 5.10 Å². The molecule has 0 aromatic carbocycles. The standard InChI is InChI=1S/C11H12N2O2/c1-13-10(11-4-3-6-15-11)8-9(12-13)5-7-14-2/h3-8H,1-2H3/b7-5+. The van der Waals surface area contributed by atoms with E-state index in [4.69, 9.17) is 9.15 Å². The van der Waals surface area contributed by atoms with E-state index in [0.29, 0.717) is 0 Å². The van der Waals surface area contributed by atoms with Gasteiger partial charge in [-0.3, -0.25) is 4.68 Å². The summed E-state index contributed by atoms with van der Waals surface area (Å²) in [5.74, 6) is 0.807. The minimum absolute atomic E-state index is 0.807. The first kappa shape index (κ1) is 9.58. The van der Waals surface area contributed by atoms with Crippen LogP contribution in [0.3, 0.4) is 0 Å². The van der Waals surface area contributed by atoms with Gasteiger partial charge in [-0.25, -0.2) is 0 Å². The average molecular weight is 204 g/mol. The maximum absolute atomic E-state index is 5.30. The summed E-state index contributed by atoms with van der Waals surface area (Å²) in [6.07, 6.45) is 5.04. The molecule has 2 heterocycles. The highest BCUT2D eigenvalue weighted by Crippen LogP contribution is 2.20. The number of aromatic nitrogens is 2. The molecule has 4 heteroatoms. The van der Waals surface area contributed by atoms with E-state index >= 15 is 0 Å². The number of nitrogens with zero attached hydrogens (tertiary/aromatic N) is 2. The molecule has 0 saturated carbocycles. The third-order valence-corrected chi connectivity index (χ3v) is 2.05. The topological polar surface area (TPSA) is 40.2 Å². The lowest BCUT2D eigenvalue weighted by Crippen LogP contribution is -1.92. The molecule has 0 N–H and O–H groups in total. The summed E-state index contributed by atoms with van der Waals surface area (Å²) in [5.41, 5.74) is 1.78. The molecule has 0 atom stereocenters. The first-order chi connectivity index (χ1) is 7.31. The largest absolute Gasteiger partial charge is 0.504 e. The van der Waals surface area contributed by atoms with E-state index in [1.54, 1.807) is 30.4 Å². The Kier molecular flexibility index (Phi) is 2.58. The fraction of sp³-hybridized carbons (Fsp3) is 0.182. The molecule has 0 spiro atoms. The van der Waals surface area contributed by atoms with Crippen molar-refractivity contribution in [2.45, 2.75) is 0 Å². The zero-order valence-electron chi connectivity index (χ0n) is 8.68. The molecule has 78 valence electrons. The Morgan fingerprint density at radius 2 is 2.40 bits per heavy atom. The maximum atomic E-state index is 5.30. The van der Waals surface area contributed by atoms with Crippen LogP contribution in [0.5, 0.6) is 0 Å². The fourth-order valence-corrected chi connectivity index (χ4v) is 1.36. The van der Waals surface area contributed by atoms with Gasteiger partial charge in [-0.1, -0.05) is 0 Å². The van der Waals surface area contributed by atoms with Crippen LogP contribution in [0.1, 0.15) is 5.69 Å². The predicted octanol–water partition coefficient (Wildman–Crippen LogP) is 2.30. The number of furan rings is 1. The Bertz CT molecular complexity index is 455. The second kappa shape index (κ2) is 4.04. The summed E-state index contributed by atoms with van der Waals surface area (Å²) in [6.45, 7) is 0. The summed E-state index contributed by atoms with van der Waals surface area (Å²) in [4.78, 5) is 0. The Morgan fingerprint density at radius 3 is 3.07 bits per heavy atom. The maximum Gasteiger partial charge on any atom is 0.151 e. The first-order valence-corrected chi connectivity index (χ1v) is 4.58. The second-order valence-corrected chi connectivity index (χ2v) is 3.09. The summed E-state index contributed by atoms with van der Waals surface area (Å²) in [5, 5.41) is 4.29. The average Bonchev–Trinajstić information content (AvgIpc) is 2.83. The predicted molar refractivity (Wildman–Crippen MR) is 57.0 cm³/mol. The van der Waals surface area contributed by atoms with Crippen molar-refractivity contribution in [3.8, 4) is 11.5 Å². The molecule has 0 bridgehead atoms. The molecule has 0 fully saturated rings. The number of ether oxygens (including phenoxy) is 1. The molecule has 0 aliphatic rings. The van der Waals surface area contributed by atoms with Crippen molar-refractivity contribution in [1.82, 2.24) is 9.78 Å². The highest BCUT2D eigenvalue weighted by Gasteiger charge is 2.07. The van der Waals surface area contributed by atoms with Gasteiger partial charge in [0.1, 0.15) is 5.69 Å². The lowest BCUT2D eigenvalue weighted by Gasteiger charge is -1.94. The van der Waals surface area contributed by atoms with Crippen LogP contribution in [-0.4, -0.2) is 16.9 Å². The normalized spacial score (nSPS) is 11.1. The third kappa shape index (κ3) is 1.93. The highest BCUT2D eigenvalue weighted by molar-refractivity contribution is 5.57. The molecule has 2 rings (SSSR count). The van der Waals surface area contributed by atoms with Crippen LogP contribution in [0, 0.1) is 0 Å². The van der Waals surface area contributed by atoms with Crippen molar-refractivity contribution >= 4 is 6.08 Å². The summed E-state index contributed by atoms with van der Waals surface area (Å²) >= 11 is 0. The van der Waals surface area contributed by atoms with Crippen molar-refractivity contribution in [3.05, 3.63) is 36.4 Å². The van der Waals surface area contributed by atoms with Gasteiger partial charge in [0.25, 0.3) is 0 Å². The van der Waals surface area contributed by atoms with Crippen molar-refractivity contribution in [1.29, 1.82) is 0 Å². The minimum atomic E-state index is 0.807. The van der Waals surface area contributed by atoms with Crippen LogP contribution in [-0.2, 0) is 11.8 Å². The number of hydrogen-bond donors (Lipinski definition) is 0. The van der Waals surface area contributed by atoms with Crippen molar-refractivity contribution in [3.63, 3.8) is 0 Å². The molecular formula is C11H12N2O2. The van der Waals surface area contributed by atoms with Gasteiger partial charge in [0.05, 0.1) is 25.3 Å². The monoisotopic (exact) mass is 204 g/mol. The Labute approximate surface area is 87.8 Å². The summed E-state index contributed by atoms with van der Waals surface area (Å²) in [6, 6.07) is 5.70. The van der Waals surface area contributed by atoms with Crippen LogP contribution in [0.2, 0.25) is 0 Å². The quantitative estimate of drug-likeness (QED) is 0.720. The Morgan fingerprint density at radius 1 is 1.53 bits per heavy atom. The molecule has 15 heavy (non-hydrogen) atoms. The molecular weight excluding hydrogens is 192 g/mol. The van der Waals surface area contributed by atoms with Gasteiger partial charge < -0.3 is 9.15 Å². The van der Waals surface area contributed by atoms with Crippen LogP contribution >= 0.6 is 0 Å². The van der Waals surface area contributed by atoms with Crippen molar-refractivity contribution in [2.75, 3.05) is 7.11 Å². The molecule has 0 radical (unpaired) electrons. The Balaban J connectivity index is 2.34. The highest BCUT2D eigenvalue weighted by atomic mass is 16.5. The van der Waals surface area contributed by atoms with E-state index in [2.05, 4.69) is 5.10 Å². The molecule has 0 unspecified atom stereocenters. The summed E-state index contributed by atoms with van der Waals surface area (Å²) in [7, 11) is 3.48. The zero-order chi connectivity index (χ0) is 10.7. The van der Waals surface area contributed by atoms with Gasteiger partial charge in [-0.05, 0) is 18.2 Å². The minimum Gasteiger partial charge on any atom is -0.504 e. The smallest absolute Gasteiger partial charge is 0.151 e. The fourth-order valence-electron chi connectivity index (χ4n) is 1.36. The number of methoxy groups -OCH3 is 1. The van der Waals surface area contributed by atoms with E-state index in [9.17, 15) is 0 Å². The van der Waals surface area contributed by atoms with Gasteiger partial charge in [0.15, 0.2) is 5.76 Å². The number of hydrogen-bond acceptors (Lipinski definition) is 3. The molecule has 2 aromatic heterocycles. The van der Waals surface area contributed by atoms with Crippen LogP contribution in [0.25, 0.3) is 17.5 Å². The van der Waals surface area contributed by atoms with Gasteiger partial charge in [0, 0.05) is 13.1 Å².